The fourth-order valence-electron chi connectivity index (χ4n) is 2.33. The van der Waals surface area contributed by atoms with Crippen LogP contribution in [0.3, 0.4) is 0 Å². The van der Waals surface area contributed by atoms with E-state index < -0.39 is 0 Å². The van der Waals surface area contributed by atoms with Crippen molar-refractivity contribution in [2.45, 2.75) is 32.2 Å². The molecule has 0 bridgehead atoms. The summed E-state index contributed by atoms with van der Waals surface area (Å²) in [5.41, 5.74) is 8.51. The van der Waals surface area contributed by atoms with E-state index in [2.05, 4.69) is 36.1 Å². The molecule has 2 heteroatoms. The Morgan fingerprint density at radius 3 is 2.75 bits per heavy atom. The monoisotopic (exact) mass is 218 g/mol. The van der Waals surface area contributed by atoms with Crippen LogP contribution in [0.4, 0.5) is 0 Å². The van der Waals surface area contributed by atoms with Crippen LogP contribution in [0.25, 0.3) is 0 Å². The minimum atomic E-state index is 0.471. The van der Waals surface area contributed by atoms with Gasteiger partial charge in [-0.2, -0.15) is 0 Å². The van der Waals surface area contributed by atoms with E-state index in [0.29, 0.717) is 5.92 Å². The first-order chi connectivity index (χ1) is 7.79. The van der Waals surface area contributed by atoms with Crippen LogP contribution in [-0.4, -0.2) is 24.5 Å². The summed E-state index contributed by atoms with van der Waals surface area (Å²) in [5, 5.41) is 0. The van der Waals surface area contributed by atoms with Crippen LogP contribution in [-0.2, 0) is 6.54 Å². The molecule has 1 atom stereocenters. The van der Waals surface area contributed by atoms with E-state index >= 15 is 0 Å². The average molecular weight is 218 g/mol. The van der Waals surface area contributed by atoms with Crippen molar-refractivity contribution in [1.82, 2.24) is 4.90 Å². The third-order valence-electron chi connectivity index (χ3n) is 3.48. The lowest BCUT2D eigenvalue weighted by Gasteiger charge is -2.16. The fourth-order valence-corrected chi connectivity index (χ4v) is 2.33. The van der Waals surface area contributed by atoms with Crippen molar-refractivity contribution in [3.05, 3.63) is 35.4 Å². The molecule has 1 aromatic carbocycles. The van der Waals surface area contributed by atoms with Crippen molar-refractivity contribution in [3.8, 4) is 0 Å². The maximum Gasteiger partial charge on any atom is 0.0233 e. The highest BCUT2D eigenvalue weighted by Gasteiger charge is 2.12. The Balaban J connectivity index is 2.03. The summed E-state index contributed by atoms with van der Waals surface area (Å²) in [4.78, 5) is 2.53. The zero-order chi connectivity index (χ0) is 11.4. The third-order valence-corrected chi connectivity index (χ3v) is 3.48. The molecule has 1 aromatic rings. The minimum Gasteiger partial charge on any atom is -0.330 e. The van der Waals surface area contributed by atoms with E-state index in [1.807, 2.05) is 0 Å². The molecule has 1 aliphatic heterocycles. The second-order valence-electron chi connectivity index (χ2n) is 4.87. The van der Waals surface area contributed by atoms with Crippen LogP contribution in [0.1, 0.15) is 36.8 Å². The van der Waals surface area contributed by atoms with Gasteiger partial charge in [-0.05, 0) is 49.5 Å². The van der Waals surface area contributed by atoms with Crippen LogP contribution in [0.5, 0.6) is 0 Å². The predicted molar refractivity (Wildman–Crippen MR) is 68.4 cm³/mol. The van der Waals surface area contributed by atoms with Crippen LogP contribution in [0.15, 0.2) is 24.3 Å². The van der Waals surface area contributed by atoms with Crippen molar-refractivity contribution in [3.63, 3.8) is 0 Å². The van der Waals surface area contributed by atoms with Gasteiger partial charge in [0.25, 0.3) is 0 Å². The van der Waals surface area contributed by atoms with Gasteiger partial charge in [0, 0.05) is 6.54 Å². The van der Waals surface area contributed by atoms with Crippen LogP contribution in [0, 0.1) is 0 Å². The molecule has 0 spiro atoms. The second kappa shape index (κ2) is 5.46. The highest BCUT2D eigenvalue weighted by Crippen LogP contribution is 2.18. The SMILES string of the molecule is CC(CN)c1cccc(CN2CCCC2)c1. The zero-order valence-corrected chi connectivity index (χ0v) is 10.2. The smallest absolute Gasteiger partial charge is 0.0233 e. The molecule has 0 amide bonds. The summed E-state index contributed by atoms with van der Waals surface area (Å²) < 4.78 is 0. The highest BCUT2D eigenvalue weighted by atomic mass is 15.1. The molecule has 2 nitrogen and oxygen atoms in total. The van der Waals surface area contributed by atoms with E-state index in [9.17, 15) is 0 Å². The standard InChI is InChI=1S/C14H22N2/c1-12(10-15)14-6-4-5-13(9-14)11-16-7-2-3-8-16/h4-6,9,12H,2-3,7-8,10-11,15H2,1H3. The molecule has 1 heterocycles. The molecule has 88 valence electrons. The van der Waals surface area contributed by atoms with Gasteiger partial charge in [0.05, 0.1) is 0 Å². The second-order valence-corrected chi connectivity index (χ2v) is 4.87. The van der Waals surface area contributed by atoms with Gasteiger partial charge < -0.3 is 5.73 Å². The van der Waals surface area contributed by atoms with Gasteiger partial charge in [-0.15, -0.1) is 0 Å². The topological polar surface area (TPSA) is 29.3 Å². The number of likely N-dealkylation sites (tertiary alicyclic amines) is 1. The van der Waals surface area contributed by atoms with Crippen molar-refractivity contribution < 1.29 is 0 Å². The lowest BCUT2D eigenvalue weighted by Crippen LogP contribution is -2.18. The number of nitrogens with zero attached hydrogens (tertiary/aromatic N) is 1. The molecule has 0 radical (unpaired) electrons. The molecule has 0 aliphatic carbocycles. The summed E-state index contributed by atoms with van der Waals surface area (Å²) in [6, 6.07) is 8.89. The molecule has 2 rings (SSSR count). The van der Waals surface area contributed by atoms with Gasteiger partial charge in [-0.3, -0.25) is 4.90 Å². The third kappa shape index (κ3) is 2.83. The number of nitrogens with two attached hydrogens (primary N) is 1. The van der Waals surface area contributed by atoms with Crippen LogP contribution in [0.2, 0.25) is 0 Å². The first-order valence-corrected chi connectivity index (χ1v) is 6.31. The molecule has 1 fully saturated rings. The Morgan fingerprint density at radius 2 is 2.06 bits per heavy atom. The van der Waals surface area contributed by atoms with Gasteiger partial charge in [0.1, 0.15) is 0 Å². The number of benzene rings is 1. The summed E-state index contributed by atoms with van der Waals surface area (Å²) in [6.07, 6.45) is 2.72. The number of rotatable bonds is 4. The van der Waals surface area contributed by atoms with Crippen molar-refractivity contribution in [2.24, 2.45) is 5.73 Å². The Kier molecular flexibility index (Phi) is 3.97. The molecule has 0 aromatic heterocycles. The molecule has 16 heavy (non-hydrogen) atoms. The molecule has 0 saturated carbocycles. The van der Waals surface area contributed by atoms with Gasteiger partial charge in [0.15, 0.2) is 0 Å². The van der Waals surface area contributed by atoms with E-state index in [4.69, 9.17) is 5.73 Å². The van der Waals surface area contributed by atoms with Crippen molar-refractivity contribution in [2.75, 3.05) is 19.6 Å². The highest BCUT2D eigenvalue weighted by molar-refractivity contribution is 5.26. The quantitative estimate of drug-likeness (QED) is 0.840. The van der Waals surface area contributed by atoms with E-state index in [1.165, 1.54) is 37.1 Å². The zero-order valence-electron chi connectivity index (χ0n) is 10.2. The molecule has 2 N–H and O–H groups in total. The van der Waals surface area contributed by atoms with Crippen LogP contribution >= 0.6 is 0 Å². The normalized spacial score (nSPS) is 18.9. The molecular formula is C14H22N2. The Hall–Kier alpha value is -0.860. The fraction of sp³-hybridized carbons (Fsp3) is 0.571. The predicted octanol–water partition coefficient (Wildman–Crippen LogP) is 2.34. The molecule has 1 aliphatic rings. The summed E-state index contributed by atoms with van der Waals surface area (Å²) >= 11 is 0. The largest absolute Gasteiger partial charge is 0.330 e. The number of hydrogen-bond donors (Lipinski definition) is 1. The maximum atomic E-state index is 5.71. The summed E-state index contributed by atoms with van der Waals surface area (Å²) in [7, 11) is 0. The van der Waals surface area contributed by atoms with E-state index in [-0.39, 0.29) is 0 Å². The lowest BCUT2D eigenvalue weighted by atomic mass is 9.99. The molecule has 1 unspecified atom stereocenters. The van der Waals surface area contributed by atoms with Crippen molar-refractivity contribution in [1.29, 1.82) is 0 Å². The average Bonchev–Trinajstić information content (AvgIpc) is 2.81. The first-order valence-electron chi connectivity index (χ1n) is 6.31. The van der Waals surface area contributed by atoms with E-state index in [0.717, 1.165) is 13.1 Å². The first kappa shape index (κ1) is 11.6. The van der Waals surface area contributed by atoms with Crippen molar-refractivity contribution >= 4 is 0 Å². The van der Waals surface area contributed by atoms with E-state index in [1.54, 1.807) is 0 Å². The molecular weight excluding hydrogens is 196 g/mol. The van der Waals surface area contributed by atoms with Gasteiger partial charge in [0.2, 0.25) is 0 Å². The maximum absolute atomic E-state index is 5.71. The van der Waals surface area contributed by atoms with Gasteiger partial charge in [-0.1, -0.05) is 31.2 Å². The summed E-state index contributed by atoms with van der Waals surface area (Å²) in [6.45, 7) is 6.54. The lowest BCUT2D eigenvalue weighted by molar-refractivity contribution is 0.331. The summed E-state index contributed by atoms with van der Waals surface area (Å²) in [5.74, 6) is 0.471. The Bertz CT molecular complexity index is 329. The van der Waals surface area contributed by atoms with Gasteiger partial charge >= 0.3 is 0 Å². The Labute approximate surface area is 98.4 Å². The minimum absolute atomic E-state index is 0.471. The number of hydrogen-bond acceptors (Lipinski definition) is 2. The Morgan fingerprint density at radius 1 is 1.31 bits per heavy atom. The van der Waals surface area contributed by atoms with Gasteiger partial charge in [-0.25, -0.2) is 0 Å². The molecule has 1 saturated heterocycles. The van der Waals surface area contributed by atoms with Crippen LogP contribution < -0.4 is 5.73 Å².